The molecule has 0 saturated heterocycles. The number of aromatic nitrogens is 2. The molecule has 3 heterocycles. The van der Waals surface area contributed by atoms with E-state index in [1.165, 1.54) is 44.5 Å². The molecule has 8 aromatic rings. The number of nitrogens with zero attached hydrogens (tertiary/aromatic N) is 2. The Morgan fingerprint density at radius 2 is 0.917 bits per heavy atom. The van der Waals surface area contributed by atoms with Crippen LogP contribution in [0.5, 0.6) is 0 Å². The molecule has 0 bridgehead atoms. The Bertz CT molecular complexity index is 2470. The highest BCUT2D eigenvalue weighted by atomic mass is 14.9. The lowest BCUT2D eigenvalue weighted by Crippen LogP contribution is -2.26. The Balaban J connectivity index is 1.37. The maximum atomic E-state index is 5.08. The van der Waals surface area contributed by atoms with Crippen LogP contribution in [0.15, 0.2) is 169 Å². The lowest BCUT2D eigenvalue weighted by Gasteiger charge is -2.31. The summed E-state index contributed by atoms with van der Waals surface area (Å²) in [4.78, 5) is 10.2. The number of para-hydroxylation sites is 5. The van der Waals surface area contributed by atoms with Crippen molar-refractivity contribution in [2.75, 3.05) is 5.32 Å². The molecule has 3 heteroatoms. The molecule has 1 aliphatic heterocycles. The Labute approximate surface area is 278 Å². The molecule has 0 saturated carbocycles. The monoisotopic (exact) mass is 611 g/mol. The second-order valence-electron chi connectivity index (χ2n) is 12.6. The molecule has 2 aliphatic rings. The van der Waals surface area contributed by atoms with Gasteiger partial charge in [-0.3, -0.25) is 0 Å². The topological polar surface area (TPSA) is 37.8 Å². The van der Waals surface area contributed by atoms with Crippen molar-refractivity contribution in [2.24, 2.45) is 0 Å². The molecule has 1 unspecified atom stereocenters. The third-order valence-electron chi connectivity index (χ3n) is 9.80. The summed E-state index contributed by atoms with van der Waals surface area (Å²) in [6.07, 6.45) is 8.81. The standard InChI is InChI=1S/C45H29N3/c1-7-19-37-31(13-1)43(32-14-2-8-20-38(32)46-37)28-25-29(44-33-15-3-9-21-39(33)47-40-22-10-4-16-34(40)44)27-30(26-28)45-35-17-5-11-23-41(35)48-42-24-12-6-18-36(42)45/h1-27,37,46H. The van der Waals surface area contributed by atoms with Gasteiger partial charge in [-0.25, -0.2) is 9.97 Å². The van der Waals surface area contributed by atoms with Gasteiger partial charge in [0.25, 0.3) is 0 Å². The largest absolute Gasteiger partial charge is 0.374 e. The maximum absolute atomic E-state index is 5.08. The van der Waals surface area contributed by atoms with Gasteiger partial charge in [-0.2, -0.15) is 0 Å². The van der Waals surface area contributed by atoms with Crippen molar-refractivity contribution in [2.45, 2.75) is 6.04 Å². The smallest absolute Gasteiger partial charge is 0.0715 e. The van der Waals surface area contributed by atoms with E-state index in [-0.39, 0.29) is 6.04 Å². The number of rotatable bonds is 3. The quantitative estimate of drug-likeness (QED) is 0.202. The summed E-state index contributed by atoms with van der Waals surface area (Å²) in [6.45, 7) is 0. The van der Waals surface area contributed by atoms with E-state index in [0.717, 1.165) is 49.3 Å². The number of hydrogen-bond acceptors (Lipinski definition) is 3. The van der Waals surface area contributed by atoms with Crippen LogP contribution in [0.3, 0.4) is 0 Å². The minimum Gasteiger partial charge on any atom is -0.374 e. The van der Waals surface area contributed by atoms with Crippen molar-refractivity contribution in [1.29, 1.82) is 0 Å². The summed E-state index contributed by atoms with van der Waals surface area (Å²) in [6, 6.07) is 50.1. The van der Waals surface area contributed by atoms with Crippen LogP contribution in [0, 0.1) is 0 Å². The summed E-state index contributed by atoms with van der Waals surface area (Å²) in [5.41, 5.74) is 14.8. The molecule has 224 valence electrons. The van der Waals surface area contributed by atoms with Crippen LogP contribution in [0.4, 0.5) is 5.69 Å². The van der Waals surface area contributed by atoms with Gasteiger partial charge < -0.3 is 5.32 Å². The molecular formula is C45H29N3. The van der Waals surface area contributed by atoms with Gasteiger partial charge in [-0.15, -0.1) is 0 Å². The van der Waals surface area contributed by atoms with Crippen LogP contribution in [0.2, 0.25) is 0 Å². The molecule has 0 amide bonds. The minimum absolute atomic E-state index is 0.0946. The molecule has 48 heavy (non-hydrogen) atoms. The molecule has 0 fully saturated rings. The van der Waals surface area contributed by atoms with E-state index < -0.39 is 0 Å². The number of benzene rings is 6. The first-order chi connectivity index (χ1) is 23.8. The zero-order chi connectivity index (χ0) is 31.6. The zero-order valence-electron chi connectivity index (χ0n) is 26.1. The van der Waals surface area contributed by atoms with Crippen molar-refractivity contribution < 1.29 is 0 Å². The fourth-order valence-corrected chi connectivity index (χ4v) is 7.74. The van der Waals surface area contributed by atoms with Crippen LogP contribution < -0.4 is 5.32 Å². The highest BCUT2D eigenvalue weighted by Crippen LogP contribution is 2.45. The third kappa shape index (κ3) is 4.14. The average Bonchev–Trinajstić information content (AvgIpc) is 3.14. The molecule has 0 radical (unpaired) electrons. The molecule has 6 aromatic carbocycles. The SMILES string of the molecule is C1=CC2=C(c3cc(-c4c5ccccc5nc5ccccc45)cc(-c4c5ccccc5nc5ccccc45)c3)c3ccccc3NC2C=C1. The zero-order valence-corrected chi connectivity index (χ0v) is 26.1. The predicted octanol–water partition coefficient (Wildman–Crippen LogP) is 11.1. The molecule has 2 aromatic heterocycles. The first kappa shape index (κ1) is 26.9. The Morgan fingerprint density at radius 3 is 1.46 bits per heavy atom. The summed E-state index contributed by atoms with van der Waals surface area (Å²) < 4.78 is 0. The van der Waals surface area contributed by atoms with Gasteiger partial charge in [0.2, 0.25) is 0 Å². The molecule has 3 nitrogen and oxygen atoms in total. The Hall–Kier alpha value is -6.32. The number of fused-ring (bicyclic) bond motifs is 6. The van der Waals surface area contributed by atoms with Crippen LogP contribution in [-0.2, 0) is 0 Å². The first-order valence-electron chi connectivity index (χ1n) is 16.5. The van der Waals surface area contributed by atoms with Crippen molar-refractivity contribution in [3.8, 4) is 22.3 Å². The van der Waals surface area contributed by atoms with Gasteiger partial charge in [-0.05, 0) is 76.4 Å². The van der Waals surface area contributed by atoms with Gasteiger partial charge in [-0.1, -0.05) is 115 Å². The molecule has 10 rings (SSSR count). The number of hydrogen-bond donors (Lipinski definition) is 1. The van der Waals surface area contributed by atoms with Crippen LogP contribution in [0.1, 0.15) is 11.1 Å². The highest BCUT2D eigenvalue weighted by Gasteiger charge is 2.27. The second kappa shape index (κ2) is 10.6. The van der Waals surface area contributed by atoms with E-state index in [4.69, 9.17) is 9.97 Å². The molecule has 1 N–H and O–H groups in total. The van der Waals surface area contributed by atoms with Crippen molar-refractivity contribution in [3.63, 3.8) is 0 Å². The lowest BCUT2D eigenvalue weighted by atomic mass is 9.81. The predicted molar refractivity (Wildman–Crippen MR) is 201 cm³/mol. The Morgan fingerprint density at radius 1 is 0.458 bits per heavy atom. The van der Waals surface area contributed by atoms with E-state index in [1.54, 1.807) is 0 Å². The molecule has 1 atom stereocenters. The fourth-order valence-electron chi connectivity index (χ4n) is 7.74. The minimum atomic E-state index is 0.0946. The lowest BCUT2D eigenvalue weighted by molar-refractivity contribution is 1.03. The second-order valence-corrected chi connectivity index (χ2v) is 12.6. The van der Waals surface area contributed by atoms with Gasteiger partial charge in [0.15, 0.2) is 0 Å². The van der Waals surface area contributed by atoms with E-state index in [0.29, 0.717) is 0 Å². The van der Waals surface area contributed by atoms with E-state index in [9.17, 15) is 0 Å². The third-order valence-corrected chi connectivity index (χ3v) is 9.80. The van der Waals surface area contributed by atoms with Gasteiger partial charge in [0, 0.05) is 43.9 Å². The van der Waals surface area contributed by atoms with Crippen molar-refractivity contribution >= 4 is 54.9 Å². The summed E-state index contributed by atoms with van der Waals surface area (Å²) in [5, 5.41) is 8.35. The number of nitrogens with one attached hydrogen (secondary N) is 1. The molecule has 1 aliphatic carbocycles. The first-order valence-corrected chi connectivity index (χ1v) is 16.5. The molecule has 0 spiro atoms. The summed E-state index contributed by atoms with van der Waals surface area (Å²) in [7, 11) is 0. The number of pyridine rings is 2. The van der Waals surface area contributed by atoms with Gasteiger partial charge >= 0.3 is 0 Å². The number of anilines is 1. The van der Waals surface area contributed by atoms with Gasteiger partial charge in [0.05, 0.1) is 28.1 Å². The van der Waals surface area contributed by atoms with E-state index in [2.05, 4.69) is 169 Å². The molecular weight excluding hydrogens is 583 g/mol. The fraction of sp³-hybridized carbons (Fsp3) is 0.0222. The van der Waals surface area contributed by atoms with E-state index >= 15 is 0 Å². The van der Waals surface area contributed by atoms with Gasteiger partial charge in [0.1, 0.15) is 0 Å². The summed E-state index contributed by atoms with van der Waals surface area (Å²) in [5.74, 6) is 0. The maximum Gasteiger partial charge on any atom is 0.0715 e. The average molecular weight is 612 g/mol. The Kier molecular flexibility index (Phi) is 5.94. The normalized spacial score (nSPS) is 15.2. The number of allylic oxidation sites excluding steroid dienone is 2. The van der Waals surface area contributed by atoms with Crippen LogP contribution in [-0.4, -0.2) is 16.0 Å². The summed E-state index contributed by atoms with van der Waals surface area (Å²) >= 11 is 0. The van der Waals surface area contributed by atoms with Crippen LogP contribution >= 0.6 is 0 Å². The van der Waals surface area contributed by atoms with E-state index in [1.807, 2.05) is 0 Å². The van der Waals surface area contributed by atoms with Crippen molar-refractivity contribution in [1.82, 2.24) is 9.97 Å². The van der Waals surface area contributed by atoms with Crippen LogP contribution in [0.25, 0.3) is 71.4 Å². The van der Waals surface area contributed by atoms with Crippen molar-refractivity contribution in [3.05, 3.63) is 181 Å². The highest BCUT2D eigenvalue weighted by molar-refractivity contribution is 6.13.